The van der Waals surface area contributed by atoms with Gasteiger partial charge in [0.05, 0.1) is 11.8 Å². The maximum absolute atomic E-state index is 12.7. The van der Waals surface area contributed by atoms with Crippen LogP contribution in [0.25, 0.3) is 0 Å². The average molecular weight is 402 g/mol. The number of aromatic nitrogens is 1. The highest BCUT2D eigenvalue weighted by Gasteiger charge is 2.58. The first-order valence-corrected chi connectivity index (χ1v) is 10.0. The maximum Gasteiger partial charge on any atom is 0.233 e. The van der Waals surface area contributed by atoms with Gasteiger partial charge >= 0.3 is 0 Å². The van der Waals surface area contributed by atoms with Gasteiger partial charge in [-0.1, -0.05) is 29.8 Å². The number of hydrogen-bond donors (Lipinski definition) is 2. The summed E-state index contributed by atoms with van der Waals surface area (Å²) in [6.45, 7) is 1.65. The zero-order valence-electron chi connectivity index (χ0n) is 15.8. The van der Waals surface area contributed by atoms with Crippen molar-refractivity contribution in [1.82, 2.24) is 20.5 Å². The quantitative estimate of drug-likeness (QED) is 0.189. The van der Waals surface area contributed by atoms with Gasteiger partial charge in [-0.2, -0.15) is 0 Å². The van der Waals surface area contributed by atoms with E-state index in [9.17, 15) is 9.59 Å². The van der Waals surface area contributed by atoms with Crippen molar-refractivity contribution in [2.75, 3.05) is 20.1 Å². The number of pyridine rings is 1. The van der Waals surface area contributed by atoms with Crippen LogP contribution in [0.5, 0.6) is 0 Å². The molecule has 4 atom stereocenters. The molecular weight excluding hydrogens is 378 g/mol. The molecule has 2 aliphatic carbocycles. The Labute approximate surface area is 169 Å². The van der Waals surface area contributed by atoms with Gasteiger partial charge in [-0.05, 0) is 36.3 Å². The van der Waals surface area contributed by atoms with Gasteiger partial charge in [0.25, 0.3) is 0 Å². The second kappa shape index (κ2) is 7.91. The Morgan fingerprint density at radius 3 is 2.54 bits per heavy atom. The van der Waals surface area contributed by atoms with E-state index in [0.29, 0.717) is 37.2 Å². The molecule has 0 radical (unpaired) electrons. The lowest BCUT2D eigenvalue weighted by Crippen LogP contribution is -2.39. The summed E-state index contributed by atoms with van der Waals surface area (Å²) in [5.41, 5.74) is 0.996. The molecule has 8 heteroatoms. The zero-order chi connectivity index (χ0) is 19.7. The van der Waals surface area contributed by atoms with E-state index in [0.717, 1.165) is 12.0 Å². The molecule has 1 aromatic rings. The number of rotatable bonds is 6. The fourth-order valence-corrected chi connectivity index (χ4v) is 4.66. The molecule has 148 valence electrons. The number of nitrogens with zero attached hydrogens (tertiary/aromatic N) is 3. The number of carbonyl (C=O) groups excluding carboxylic acids is 2. The largest absolute Gasteiger partial charge is 0.356 e. The number of allylic oxidation sites excluding steroid dienone is 2. The van der Waals surface area contributed by atoms with Crippen molar-refractivity contribution in [2.45, 2.75) is 19.4 Å². The van der Waals surface area contributed by atoms with E-state index < -0.39 is 0 Å². The molecule has 4 rings (SSSR count). The summed E-state index contributed by atoms with van der Waals surface area (Å²) in [5.74, 6) is 0.998. The van der Waals surface area contributed by atoms with Crippen LogP contribution in [0.3, 0.4) is 0 Å². The van der Waals surface area contributed by atoms with Crippen LogP contribution in [0.1, 0.15) is 18.4 Å². The average Bonchev–Trinajstić information content (AvgIpc) is 3.38. The lowest BCUT2D eigenvalue weighted by molar-refractivity contribution is -0.140. The Kier molecular flexibility index (Phi) is 5.35. The maximum atomic E-state index is 12.7. The summed E-state index contributed by atoms with van der Waals surface area (Å²) in [5, 5.41) is 6.88. The molecule has 2 fully saturated rings. The van der Waals surface area contributed by atoms with Crippen LogP contribution in [0, 0.1) is 23.7 Å². The van der Waals surface area contributed by atoms with Gasteiger partial charge in [0.15, 0.2) is 5.96 Å². The van der Waals surface area contributed by atoms with E-state index in [1.807, 2.05) is 6.07 Å². The molecule has 28 heavy (non-hydrogen) atoms. The number of amides is 2. The van der Waals surface area contributed by atoms with Gasteiger partial charge in [-0.25, -0.2) is 4.98 Å². The first kappa shape index (κ1) is 18.9. The molecule has 2 amide bonds. The molecule has 1 saturated carbocycles. The third-order valence-corrected chi connectivity index (χ3v) is 6.11. The van der Waals surface area contributed by atoms with Crippen LogP contribution in [-0.4, -0.2) is 47.8 Å². The number of guanidine groups is 1. The summed E-state index contributed by atoms with van der Waals surface area (Å²) in [6.07, 6.45) is 7.60. The summed E-state index contributed by atoms with van der Waals surface area (Å²) < 4.78 is 0. The van der Waals surface area contributed by atoms with Gasteiger partial charge < -0.3 is 10.6 Å². The Morgan fingerprint density at radius 2 is 1.93 bits per heavy atom. The molecule has 1 aliphatic heterocycles. The van der Waals surface area contributed by atoms with E-state index >= 15 is 0 Å². The van der Waals surface area contributed by atoms with E-state index in [2.05, 4.69) is 32.8 Å². The minimum absolute atomic E-state index is 0.0181. The molecule has 0 spiro atoms. The van der Waals surface area contributed by atoms with Gasteiger partial charge in [0.2, 0.25) is 11.8 Å². The molecule has 0 aromatic carbocycles. The van der Waals surface area contributed by atoms with Crippen molar-refractivity contribution in [3.8, 4) is 0 Å². The molecule has 2 heterocycles. The molecule has 2 bridgehead atoms. The number of nitrogens with one attached hydrogen (secondary N) is 2. The lowest BCUT2D eigenvalue weighted by Gasteiger charge is -2.18. The number of fused-ring (bicyclic) bond motifs is 5. The summed E-state index contributed by atoms with van der Waals surface area (Å²) in [7, 11) is 1.70. The van der Waals surface area contributed by atoms with Crippen molar-refractivity contribution in [3.63, 3.8) is 0 Å². The highest BCUT2D eigenvalue weighted by Crippen LogP contribution is 2.52. The van der Waals surface area contributed by atoms with Crippen molar-refractivity contribution in [2.24, 2.45) is 28.7 Å². The third-order valence-electron chi connectivity index (χ3n) is 5.88. The topological polar surface area (TPSA) is 86.7 Å². The monoisotopic (exact) mass is 401 g/mol. The van der Waals surface area contributed by atoms with Gasteiger partial charge in [0, 0.05) is 32.9 Å². The van der Waals surface area contributed by atoms with E-state index in [1.165, 1.54) is 4.90 Å². The fraction of sp³-hybridized carbons (Fsp3) is 0.500. The van der Waals surface area contributed by atoms with Crippen molar-refractivity contribution < 1.29 is 9.59 Å². The highest BCUT2D eigenvalue weighted by molar-refractivity contribution is 6.29. The van der Waals surface area contributed by atoms with Crippen LogP contribution >= 0.6 is 11.6 Å². The van der Waals surface area contributed by atoms with Crippen LogP contribution < -0.4 is 10.6 Å². The summed E-state index contributed by atoms with van der Waals surface area (Å²) in [6, 6.07) is 3.65. The predicted octanol–water partition coefficient (Wildman–Crippen LogP) is 1.60. The zero-order valence-corrected chi connectivity index (χ0v) is 16.5. The minimum atomic E-state index is -0.113. The van der Waals surface area contributed by atoms with Gasteiger partial charge in [-0.3, -0.25) is 19.5 Å². The normalized spacial score (nSPS) is 28.2. The van der Waals surface area contributed by atoms with Gasteiger partial charge in [-0.15, -0.1) is 0 Å². The van der Waals surface area contributed by atoms with Crippen LogP contribution in [0.2, 0.25) is 5.15 Å². The van der Waals surface area contributed by atoms with E-state index in [-0.39, 0.29) is 35.5 Å². The SMILES string of the molecule is CN=C(NCCCN1C(=O)C2C3C=CC(C3)C2C1=O)NCc1ccc(Cl)nc1. The summed E-state index contributed by atoms with van der Waals surface area (Å²) in [4.78, 5) is 35.0. The molecule has 1 aromatic heterocycles. The molecular formula is C20H24ClN5O2. The molecule has 1 saturated heterocycles. The van der Waals surface area contributed by atoms with E-state index in [4.69, 9.17) is 11.6 Å². The van der Waals surface area contributed by atoms with Crippen LogP contribution in [-0.2, 0) is 16.1 Å². The molecule has 4 unspecified atom stereocenters. The smallest absolute Gasteiger partial charge is 0.233 e. The number of aliphatic imine (C=N–C) groups is 1. The molecule has 2 N–H and O–H groups in total. The number of imide groups is 1. The predicted molar refractivity (Wildman–Crippen MR) is 107 cm³/mol. The standard InChI is InChI=1S/C20H24ClN5O2/c1-22-20(25-11-12-3-6-15(21)24-10-12)23-7-2-8-26-18(27)16-13-4-5-14(9-13)17(16)19(26)28/h3-6,10,13-14,16-17H,2,7-9,11H2,1H3,(H2,22,23,25). The Hall–Kier alpha value is -2.41. The summed E-state index contributed by atoms with van der Waals surface area (Å²) >= 11 is 5.79. The Balaban J connectivity index is 1.21. The van der Waals surface area contributed by atoms with Crippen LogP contribution in [0.15, 0.2) is 35.5 Å². The van der Waals surface area contributed by atoms with Gasteiger partial charge in [0.1, 0.15) is 5.15 Å². The molecule has 3 aliphatic rings. The number of carbonyl (C=O) groups is 2. The third kappa shape index (κ3) is 3.51. The highest BCUT2D eigenvalue weighted by atomic mass is 35.5. The van der Waals surface area contributed by atoms with Crippen LogP contribution in [0.4, 0.5) is 0 Å². The Morgan fingerprint density at radius 1 is 1.21 bits per heavy atom. The number of likely N-dealkylation sites (tertiary alicyclic amines) is 1. The first-order valence-electron chi connectivity index (χ1n) is 9.67. The second-order valence-electron chi connectivity index (χ2n) is 7.52. The lowest BCUT2D eigenvalue weighted by atomic mass is 9.85. The van der Waals surface area contributed by atoms with Crippen molar-refractivity contribution in [1.29, 1.82) is 0 Å². The number of halogens is 1. The van der Waals surface area contributed by atoms with E-state index in [1.54, 1.807) is 19.3 Å². The minimum Gasteiger partial charge on any atom is -0.356 e. The Bertz CT molecular complexity index is 792. The second-order valence-corrected chi connectivity index (χ2v) is 7.91. The number of hydrogen-bond acceptors (Lipinski definition) is 4. The van der Waals surface area contributed by atoms with Crippen molar-refractivity contribution >= 4 is 29.4 Å². The molecule has 7 nitrogen and oxygen atoms in total. The fourth-order valence-electron chi connectivity index (χ4n) is 4.55. The first-order chi connectivity index (χ1) is 13.6. The van der Waals surface area contributed by atoms with Crippen molar-refractivity contribution in [3.05, 3.63) is 41.2 Å².